The van der Waals surface area contributed by atoms with Gasteiger partial charge in [0, 0.05) is 23.2 Å². The first kappa shape index (κ1) is 21.5. The molecule has 0 spiro atoms. The molecule has 0 atom stereocenters. The molecule has 0 fully saturated rings. The molecule has 0 saturated heterocycles. The Labute approximate surface area is 173 Å². The number of nitrogens with one attached hydrogen (secondary N) is 2. The molecule has 0 aliphatic heterocycles. The van der Waals surface area contributed by atoms with Crippen LogP contribution in [-0.4, -0.2) is 29.0 Å². The van der Waals surface area contributed by atoms with Gasteiger partial charge in [-0.25, -0.2) is 21.2 Å². The molecule has 0 aliphatic rings. The molecule has 0 heterocycles. The number of hydrogen-bond donors (Lipinski definition) is 2. The molecule has 2 N–H and O–H groups in total. The van der Waals surface area contributed by atoms with Crippen molar-refractivity contribution < 1.29 is 26.0 Å². The van der Waals surface area contributed by atoms with E-state index in [1.165, 1.54) is 48.5 Å². The Balaban J connectivity index is 1.69. The van der Waals surface area contributed by atoms with Gasteiger partial charge in [-0.2, -0.15) is 0 Å². The van der Waals surface area contributed by atoms with Gasteiger partial charge in [-0.15, -0.1) is 0 Å². The van der Waals surface area contributed by atoms with Crippen molar-refractivity contribution in [3.8, 4) is 0 Å². The molecule has 1 amide bonds. The number of benzene rings is 3. The van der Waals surface area contributed by atoms with E-state index in [9.17, 15) is 26.0 Å². The number of amides is 1. The first-order valence-electron chi connectivity index (χ1n) is 8.54. The lowest BCUT2D eigenvalue weighted by atomic mass is 10.2. The fourth-order valence-corrected chi connectivity index (χ4v) is 4.20. The number of rotatable bonds is 6. The second kappa shape index (κ2) is 8.25. The van der Waals surface area contributed by atoms with Crippen molar-refractivity contribution in [1.82, 2.24) is 0 Å². The Morgan fingerprint density at radius 3 is 1.77 bits per heavy atom. The van der Waals surface area contributed by atoms with Gasteiger partial charge in [-0.1, -0.05) is 0 Å². The average Bonchev–Trinajstić information content (AvgIpc) is 2.68. The predicted octanol–water partition coefficient (Wildman–Crippen LogP) is 3.28. The lowest BCUT2D eigenvalue weighted by Crippen LogP contribution is -2.14. The Morgan fingerprint density at radius 1 is 0.733 bits per heavy atom. The van der Waals surface area contributed by atoms with Crippen LogP contribution in [0.2, 0.25) is 0 Å². The second-order valence-corrected chi connectivity index (χ2v) is 10.1. The first-order valence-corrected chi connectivity index (χ1v) is 11.9. The number of carbonyl (C=O) groups is 1. The van der Waals surface area contributed by atoms with Crippen molar-refractivity contribution in [3.05, 3.63) is 84.2 Å². The van der Waals surface area contributed by atoms with Gasteiger partial charge >= 0.3 is 0 Å². The van der Waals surface area contributed by atoms with E-state index in [-0.39, 0.29) is 21.0 Å². The van der Waals surface area contributed by atoms with E-state index >= 15 is 0 Å². The predicted molar refractivity (Wildman–Crippen MR) is 111 cm³/mol. The van der Waals surface area contributed by atoms with Crippen LogP contribution < -0.4 is 10.0 Å². The summed E-state index contributed by atoms with van der Waals surface area (Å²) < 4.78 is 62.9. The zero-order valence-corrected chi connectivity index (χ0v) is 17.3. The maximum atomic E-state index is 13.0. The zero-order valence-electron chi connectivity index (χ0n) is 15.7. The average molecular weight is 448 g/mol. The minimum absolute atomic E-state index is 0.0942. The molecule has 10 heteroatoms. The van der Waals surface area contributed by atoms with Crippen LogP contribution in [0.15, 0.2) is 82.6 Å². The molecular weight excluding hydrogens is 431 g/mol. The molecule has 0 saturated carbocycles. The van der Waals surface area contributed by atoms with Crippen molar-refractivity contribution >= 4 is 37.1 Å². The number of sulfonamides is 1. The van der Waals surface area contributed by atoms with E-state index in [2.05, 4.69) is 10.0 Å². The maximum Gasteiger partial charge on any atom is 0.261 e. The van der Waals surface area contributed by atoms with Gasteiger partial charge in [0.05, 0.1) is 9.79 Å². The fourth-order valence-electron chi connectivity index (χ4n) is 2.51. The molecule has 0 aliphatic carbocycles. The van der Waals surface area contributed by atoms with Crippen LogP contribution in [-0.2, 0) is 19.9 Å². The van der Waals surface area contributed by atoms with Gasteiger partial charge in [0.25, 0.3) is 15.9 Å². The van der Waals surface area contributed by atoms with Crippen LogP contribution >= 0.6 is 0 Å². The van der Waals surface area contributed by atoms with Crippen LogP contribution in [0.4, 0.5) is 15.8 Å². The maximum absolute atomic E-state index is 13.0. The Hall–Kier alpha value is -3.24. The molecule has 3 aromatic carbocycles. The largest absolute Gasteiger partial charge is 0.322 e. The third-order valence-electron chi connectivity index (χ3n) is 4.06. The van der Waals surface area contributed by atoms with Crippen LogP contribution in [0.3, 0.4) is 0 Å². The van der Waals surface area contributed by atoms with Crippen molar-refractivity contribution in [2.75, 3.05) is 16.3 Å². The highest BCUT2D eigenvalue weighted by Gasteiger charge is 2.15. The van der Waals surface area contributed by atoms with Gasteiger partial charge in [0.15, 0.2) is 9.84 Å². The summed E-state index contributed by atoms with van der Waals surface area (Å²) in [6.45, 7) is 0. The van der Waals surface area contributed by atoms with Crippen molar-refractivity contribution in [2.24, 2.45) is 0 Å². The van der Waals surface area contributed by atoms with Gasteiger partial charge in [-0.05, 0) is 72.8 Å². The summed E-state index contributed by atoms with van der Waals surface area (Å²) in [6, 6.07) is 15.8. The molecule has 3 rings (SSSR count). The standard InChI is InChI=1S/C20H17FN2O5S2/c1-29(25,26)18-12-8-16(9-13-18)22-20(24)14-2-6-17(7-3-14)23-30(27,28)19-10-4-15(21)5-11-19/h2-13,23H,1H3,(H,22,24). The molecule has 3 aromatic rings. The molecule has 0 radical (unpaired) electrons. The molecule has 0 unspecified atom stereocenters. The number of halogens is 1. The highest BCUT2D eigenvalue weighted by atomic mass is 32.2. The number of hydrogen-bond acceptors (Lipinski definition) is 5. The van der Waals surface area contributed by atoms with Crippen molar-refractivity contribution in [1.29, 1.82) is 0 Å². The highest BCUT2D eigenvalue weighted by Crippen LogP contribution is 2.19. The molecule has 0 bridgehead atoms. The van der Waals surface area contributed by atoms with E-state index in [0.29, 0.717) is 5.69 Å². The summed E-state index contributed by atoms with van der Waals surface area (Å²) in [5.74, 6) is -0.995. The zero-order chi connectivity index (χ0) is 21.9. The smallest absolute Gasteiger partial charge is 0.261 e. The number of anilines is 2. The summed E-state index contributed by atoms with van der Waals surface area (Å²) >= 11 is 0. The summed E-state index contributed by atoms with van der Waals surface area (Å²) in [5, 5.41) is 2.63. The van der Waals surface area contributed by atoms with Gasteiger partial charge in [-0.3, -0.25) is 9.52 Å². The van der Waals surface area contributed by atoms with E-state index < -0.39 is 31.6 Å². The summed E-state index contributed by atoms with van der Waals surface area (Å²) in [6.07, 6.45) is 1.09. The van der Waals surface area contributed by atoms with E-state index in [4.69, 9.17) is 0 Å². The number of sulfone groups is 1. The second-order valence-electron chi connectivity index (χ2n) is 6.39. The van der Waals surface area contributed by atoms with Crippen LogP contribution in [0.1, 0.15) is 10.4 Å². The van der Waals surface area contributed by atoms with E-state index in [0.717, 1.165) is 30.5 Å². The minimum Gasteiger partial charge on any atom is -0.322 e. The highest BCUT2D eigenvalue weighted by molar-refractivity contribution is 7.92. The lowest BCUT2D eigenvalue weighted by molar-refractivity contribution is 0.102. The summed E-state index contributed by atoms with van der Waals surface area (Å²) in [4.78, 5) is 12.4. The Bertz CT molecular complexity index is 1270. The third-order valence-corrected chi connectivity index (χ3v) is 6.59. The quantitative estimate of drug-likeness (QED) is 0.601. The summed E-state index contributed by atoms with van der Waals surface area (Å²) in [7, 11) is -7.22. The topological polar surface area (TPSA) is 109 Å². The van der Waals surface area contributed by atoms with Crippen LogP contribution in [0, 0.1) is 5.82 Å². The van der Waals surface area contributed by atoms with Crippen molar-refractivity contribution in [3.63, 3.8) is 0 Å². The Morgan fingerprint density at radius 2 is 1.23 bits per heavy atom. The summed E-state index contributed by atoms with van der Waals surface area (Å²) in [5.41, 5.74) is 0.911. The fraction of sp³-hybridized carbons (Fsp3) is 0.0500. The minimum atomic E-state index is -3.89. The SMILES string of the molecule is CS(=O)(=O)c1ccc(NC(=O)c2ccc(NS(=O)(=O)c3ccc(F)cc3)cc2)cc1. The molecule has 7 nitrogen and oxygen atoms in total. The third kappa shape index (κ3) is 5.22. The van der Waals surface area contributed by atoms with E-state index in [1.807, 2.05) is 0 Å². The molecular formula is C20H17FN2O5S2. The van der Waals surface area contributed by atoms with Gasteiger partial charge < -0.3 is 5.32 Å². The van der Waals surface area contributed by atoms with Crippen LogP contribution in [0.25, 0.3) is 0 Å². The van der Waals surface area contributed by atoms with Gasteiger partial charge in [0.2, 0.25) is 0 Å². The van der Waals surface area contributed by atoms with Gasteiger partial charge in [0.1, 0.15) is 5.82 Å². The van der Waals surface area contributed by atoms with Crippen molar-refractivity contribution in [2.45, 2.75) is 9.79 Å². The monoisotopic (exact) mass is 448 g/mol. The Kier molecular flexibility index (Phi) is 5.90. The normalized spacial score (nSPS) is 11.7. The molecule has 0 aromatic heterocycles. The van der Waals surface area contributed by atoms with Crippen LogP contribution in [0.5, 0.6) is 0 Å². The lowest BCUT2D eigenvalue weighted by Gasteiger charge is -2.09. The van der Waals surface area contributed by atoms with E-state index in [1.54, 1.807) is 0 Å². The molecule has 30 heavy (non-hydrogen) atoms. The first-order chi connectivity index (χ1) is 14.0. The molecule has 156 valence electrons. The number of carbonyl (C=O) groups excluding carboxylic acids is 1.